The number of oxime groups is 1. The molecule has 0 saturated carbocycles. The summed E-state index contributed by atoms with van der Waals surface area (Å²) in [6.45, 7) is 1.23. The summed E-state index contributed by atoms with van der Waals surface area (Å²) >= 11 is 1.13. The Morgan fingerprint density at radius 3 is 2.78 bits per heavy atom. The van der Waals surface area contributed by atoms with Gasteiger partial charge in [0.2, 0.25) is 5.91 Å². The number of hydrogen-bond donors (Lipinski definition) is 3. The molecule has 1 aliphatic heterocycles. The number of anilines is 1. The lowest BCUT2D eigenvalue weighted by molar-refractivity contribution is -0.158. The van der Waals surface area contributed by atoms with E-state index in [4.69, 9.17) is 10.8 Å². The first-order chi connectivity index (χ1) is 10.8. The van der Waals surface area contributed by atoms with Crippen LogP contribution in [0.1, 0.15) is 12.6 Å². The minimum absolute atomic E-state index is 0.114. The van der Waals surface area contributed by atoms with Crippen molar-refractivity contribution in [1.29, 1.82) is 0 Å². The van der Waals surface area contributed by atoms with Crippen LogP contribution in [0, 0.1) is 0 Å². The monoisotopic (exact) mass is 341 g/mol. The quantitative estimate of drug-likeness (QED) is 0.337. The molecule has 1 aromatic heterocycles. The highest BCUT2D eigenvalue weighted by Gasteiger charge is 2.46. The second kappa shape index (κ2) is 6.60. The highest BCUT2D eigenvalue weighted by Crippen LogP contribution is 2.20. The Hall–Kier alpha value is -2.69. The maximum atomic E-state index is 12.3. The third-order valence-corrected chi connectivity index (χ3v) is 3.95. The van der Waals surface area contributed by atoms with Crippen molar-refractivity contribution in [2.75, 3.05) is 19.4 Å². The van der Waals surface area contributed by atoms with Gasteiger partial charge in [-0.15, -0.1) is 11.3 Å². The smallest absolute Gasteiger partial charge is 0.323 e. The average Bonchev–Trinajstić information content (AvgIpc) is 2.93. The van der Waals surface area contributed by atoms with Gasteiger partial charge in [-0.3, -0.25) is 14.4 Å². The molecule has 2 rings (SSSR count). The Bertz CT molecular complexity index is 673. The number of amides is 2. The van der Waals surface area contributed by atoms with Crippen LogP contribution in [0.15, 0.2) is 10.5 Å². The molecule has 1 saturated heterocycles. The number of nitrogens with zero attached hydrogens (tertiary/aromatic N) is 3. The molecule has 0 aromatic carbocycles. The zero-order valence-corrected chi connectivity index (χ0v) is 13.2. The third-order valence-electron chi connectivity index (χ3n) is 3.28. The largest absolute Gasteiger partial charge is 0.480 e. The maximum Gasteiger partial charge on any atom is 0.323 e. The van der Waals surface area contributed by atoms with Crippen LogP contribution >= 0.6 is 11.3 Å². The van der Waals surface area contributed by atoms with E-state index in [1.165, 1.54) is 12.5 Å². The number of aromatic nitrogens is 1. The summed E-state index contributed by atoms with van der Waals surface area (Å²) in [6.07, 6.45) is 0. The molecule has 0 spiro atoms. The van der Waals surface area contributed by atoms with E-state index in [-0.39, 0.29) is 16.5 Å². The second-order valence-electron chi connectivity index (χ2n) is 4.75. The van der Waals surface area contributed by atoms with Crippen molar-refractivity contribution in [3.05, 3.63) is 11.1 Å². The van der Waals surface area contributed by atoms with Crippen molar-refractivity contribution in [3.8, 4) is 0 Å². The van der Waals surface area contributed by atoms with Crippen LogP contribution in [-0.4, -0.2) is 64.2 Å². The summed E-state index contributed by atoms with van der Waals surface area (Å²) in [4.78, 5) is 44.6. The Morgan fingerprint density at radius 2 is 2.30 bits per heavy atom. The molecule has 2 unspecified atom stereocenters. The summed E-state index contributed by atoms with van der Waals surface area (Å²) in [7, 11) is 1.27. The van der Waals surface area contributed by atoms with Crippen molar-refractivity contribution in [3.63, 3.8) is 0 Å². The number of carboxylic acid groups (broad SMARTS) is 1. The molecule has 1 aromatic rings. The minimum atomic E-state index is -1.12. The lowest BCUT2D eigenvalue weighted by Gasteiger charge is -2.44. The van der Waals surface area contributed by atoms with Gasteiger partial charge in [-0.05, 0) is 6.92 Å². The van der Waals surface area contributed by atoms with Crippen molar-refractivity contribution >= 4 is 40.0 Å². The van der Waals surface area contributed by atoms with Gasteiger partial charge in [-0.25, -0.2) is 4.98 Å². The van der Waals surface area contributed by atoms with Crippen molar-refractivity contribution in [1.82, 2.24) is 15.2 Å². The Balaban J connectivity index is 2.07. The Kier molecular flexibility index (Phi) is 4.79. The zero-order chi connectivity index (χ0) is 17.1. The number of hydrogen-bond acceptors (Lipinski definition) is 8. The van der Waals surface area contributed by atoms with Crippen LogP contribution in [0.4, 0.5) is 5.13 Å². The molecular weight excluding hydrogens is 326 g/mol. The second-order valence-corrected chi connectivity index (χ2v) is 5.63. The molecule has 10 nitrogen and oxygen atoms in total. The molecule has 1 aliphatic rings. The molecule has 23 heavy (non-hydrogen) atoms. The highest BCUT2D eigenvalue weighted by atomic mass is 32.1. The molecule has 0 radical (unpaired) electrons. The normalized spacial score (nSPS) is 20.9. The number of aliphatic carboxylic acids is 1. The van der Waals surface area contributed by atoms with Crippen molar-refractivity contribution in [2.24, 2.45) is 5.16 Å². The number of rotatable bonds is 6. The van der Waals surface area contributed by atoms with Crippen LogP contribution in [0.25, 0.3) is 0 Å². The van der Waals surface area contributed by atoms with Gasteiger partial charge in [-0.1, -0.05) is 5.16 Å². The third kappa shape index (κ3) is 3.39. The van der Waals surface area contributed by atoms with Gasteiger partial charge in [0.15, 0.2) is 10.8 Å². The van der Waals surface area contributed by atoms with Gasteiger partial charge in [0.05, 0.1) is 6.04 Å². The molecule has 0 bridgehead atoms. The van der Waals surface area contributed by atoms with Crippen LogP contribution < -0.4 is 11.1 Å². The van der Waals surface area contributed by atoms with Crippen molar-refractivity contribution < 1.29 is 24.3 Å². The molecule has 0 aliphatic carbocycles. The standard InChI is InChI=1S/C12H15N5O5S/c1-5-8(11(21)17(5)3-7(18)19)15-10(20)9(16-22-2)6-4-23-12(13)14-6/h4-5,8H,3H2,1-2H3,(H2,13,14)(H,15,20)(H,18,19)/b16-9-. The predicted molar refractivity (Wildman–Crippen MR) is 80.8 cm³/mol. The summed E-state index contributed by atoms with van der Waals surface area (Å²) < 4.78 is 0. The number of nitrogens with one attached hydrogen (secondary N) is 1. The fraction of sp³-hybridized carbons (Fsp3) is 0.417. The lowest BCUT2D eigenvalue weighted by atomic mass is 9.96. The number of carbonyl (C=O) groups is 3. The molecule has 2 amide bonds. The average molecular weight is 341 g/mol. The molecule has 124 valence electrons. The number of β-lactam (4-membered cyclic amide) rings is 1. The molecular formula is C12H15N5O5S. The summed E-state index contributed by atoms with van der Waals surface area (Å²) in [5, 5.41) is 16.6. The van der Waals surface area contributed by atoms with E-state index < -0.39 is 36.4 Å². The summed E-state index contributed by atoms with van der Waals surface area (Å²) in [6, 6.07) is -1.26. The highest BCUT2D eigenvalue weighted by molar-refractivity contribution is 7.13. The Labute approximate surface area is 134 Å². The van der Waals surface area contributed by atoms with Crippen LogP contribution in [-0.2, 0) is 19.2 Å². The van der Waals surface area contributed by atoms with Crippen molar-refractivity contribution in [2.45, 2.75) is 19.0 Å². The molecule has 2 heterocycles. The molecule has 2 atom stereocenters. The van der Waals surface area contributed by atoms with Crippen LogP contribution in [0.5, 0.6) is 0 Å². The lowest BCUT2D eigenvalue weighted by Crippen LogP contribution is -2.70. The van der Waals surface area contributed by atoms with E-state index in [9.17, 15) is 14.4 Å². The first kappa shape index (κ1) is 16.7. The maximum absolute atomic E-state index is 12.3. The van der Waals surface area contributed by atoms with E-state index in [2.05, 4.69) is 20.3 Å². The summed E-state index contributed by atoms with van der Waals surface area (Å²) in [5.74, 6) is -2.24. The van der Waals surface area contributed by atoms with E-state index in [1.54, 1.807) is 6.92 Å². The van der Waals surface area contributed by atoms with Gasteiger partial charge < -0.3 is 25.9 Å². The molecule has 4 N–H and O–H groups in total. The number of thiazole rings is 1. The number of likely N-dealkylation sites (tertiary alicyclic amines) is 1. The van der Waals surface area contributed by atoms with Gasteiger partial charge in [0.25, 0.3) is 5.91 Å². The Morgan fingerprint density at radius 1 is 1.61 bits per heavy atom. The van der Waals surface area contributed by atoms with Gasteiger partial charge in [0.1, 0.15) is 25.4 Å². The molecule has 1 fully saturated rings. The number of nitrogens with two attached hydrogens (primary N) is 1. The summed E-state index contributed by atoms with van der Waals surface area (Å²) in [5.41, 5.74) is 5.64. The number of nitrogen functional groups attached to an aromatic ring is 1. The SMILES string of the molecule is CO/N=C(\C(=O)NC1C(=O)N(CC(=O)O)C1C)c1csc(N)n1. The number of carboxylic acids is 1. The predicted octanol–water partition coefficient (Wildman–Crippen LogP) is -1.12. The minimum Gasteiger partial charge on any atom is -0.480 e. The zero-order valence-electron chi connectivity index (χ0n) is 12.3. The van der Waals surface area contributed by atoms with Crippen LogP contribution in [0.2, 0.25) is 0 Å². The van der Waals surface area contributed by atoms with E-state index >= 15 is 0 Å². The number of carbonyl (C=O) groups excluding carboxylic acids is 2. The van der Waals surface area contributed by atoms with Crippen LogP contribution in [0.3, 0.4) is 0 Å². The molecule has 11 heteroatoms. The first-order valence-electron chi connectivity index (χ1n) is 6.50. The van der Waals surface area contributed by atoms with Gasteiger partial charge >= 0.3 is 5.97 Å². The van der Waals surface area contributed by atoms with Gasteiger partial charge in [-0.2, -0.15) is 0 Å². The fourth-order valence-electron chi connectivity index (χ4n) is 2.14. The van der Waals surface area contributed by atoms with Gasteiger partial charge in [0, 0.05) is 5.38 Å². The van der Waals surface area contributed by atoms with E-state index in [1.807, 2.05) is 0 Å². The van der Waals surface area contributed by atoms with E-state index in [0.29, 0.717) is 0 Å². The topological polar surface area (TPSA) is 147 Å². The fourth-order valence-corrected chi connectivity index (χ4v) is 2.68. The van der Waals surface area contributed by atoms with E-state index in [0.717, 1.165) is 16.2 Å². The first-order valence-corrected chi connectivity index (χ1v) is 7.38.